The number of aliphatic hydroxyl groups is 1. The molecule has 1 aromatic heterocycles. The molecule has 0 saturated heterocycles. The summed E-state index contributed by atoms with van der Waals surface area (Å²) in [6.45, 7) is 3.78. The third kappa shape index (κ3) is 3.97. The van der Waals surface area contributed by atoms with Crippen LogP contribution in [0.5, 0.6) is 0 Å². The number of aryl methyl sites for hydroxylation is 2. The summed E-state index contributed by atoms with van der Waals surface area (Å²) in [5.41, 5.74) is 1.65. The quantitative estimate of drug-likeness (QED) is 0.763. The van der Waals surface area contributed by atoms with Gasteiger partial charge in [0.2, 0.25) is 0 Å². The molecular formula is C12H17NO4S. The number of methoxy groups -OCH3 is 1. The van der Waals surface area contributed by atoms with Crippen LogP contribution in [0.25, 0.3) is 0 Å². The molecule has 18 heavy (non-hydrogen) atoms. The van der Waals surface area contributed by atoms with Crippen LogP contribution in [0.15, 0.2) is 11.1 Å². The van der Waals surface area contributed by atoms with E-state index in [0.29, 0.717) is 16.3 Å². The molecule has 0 aliphatic heterocycles. The lowest BCUT2D eigenvalue weighted by atomic mass is 10.1. The van der Waals surface area contributed by atoms with Crippen LogP contribution < -0.4 is 0 Å². The third-order valence-electron chi connectivity index (χ3n) is 2.30. The van der Waals surface area contributed by atoms with Crippen LogP contribution in [-0.2, 0) is 4.74 Å². The van der Waals surface area contributed by atoms with Gasteiger partial charge in [-0.15, -0.1) is 11.8 Å². The van der Waals surface area contributed by atoms with Gasteiger partial charge in [-0.3, -0.25) is 0 Å². The molecule has 6 heteroatoms. The molecule has 1 rings (SSSR count). The Labute approximate surface area is 110 Å². The van der Waals surface area contributed by atoms with Crippen molar-refractivity contribution >= 4 is 17.7 Å². The van der Waals surface area contributed by atoms with E-state index < -0.39 is 12.1 Å². The molecule has 0 fully saturated rings. The van der Waals surface area contributed by atoms with Crippen LogP contribution in [0.2, 0.25) is 0 Å². The molecule has 100 valence electrons. The summed E-state index contributed by atoms with van der Waals surface area (Å²) < 4.78 is 4.82. The Morgan fingerprint density at radius 1 is 1.56 bits per heavy atom. The van der Waals surface area contributed by atoms with Gasteiger partial charge in [0, 0.05) is 18.6 Å². The summed E-state index contributed by atoms with van der Waals surface area (Å²) >= 11 is 1.23. The minimum Gasteiger partial charge on any atom is -0.478 e. The number of hydrogen-bond acceptors (Lipinski definition) is 5. The monoisotopic (exact) mass is 271 g/mol. The minimum atomic E-state index is -0.997. The van der Waals surface area contributed by atoms with Gasteiger partial charge in [0.1, 0.15) is 5.03 Å². The van der Waals surface area contributed by atoms with Crippen molar-refractivity contribution < 1.29 is 19.7 Å². The summed E-state index contributed by atoms with van der Waals surface area (Å²) in [6.07, 6.45) is -0.635. The van der Waals surface area contributed by atoms with E-state index >= 15 is 0 Å². The molecule has 2 N–H and O–H groups in total. The Morgan fingerprint density at radius 3 is 2.78 bits per heavy atom. The van der Waals surface area contributed by atoms with Crippen LogP contribution in [0, 0.1) is 13.8 Å². The zero-order valence-electron chi connectivity index (χ0n) is 10.6. The van der Waals surface area contributed by atoms with Gasteiger partial charge in [-0.05, 0) is 25.5 Å². The fourth-order valence-corrected chi connectivity index (χ4v) is 2.63. The van der Waals surface area contributed by atoms with Gasteiger partial charge in [0.15, 0.2) is 0 Å². The maximum atomic E-state index is 11.2. The fourth-order valence-electron chi connectivity index (χ4n) is 1.58. The van der Waals surface area contributed by atoms with E-state index in [1.807, 2.05) is 6.92 Å². The number of nitrogens with zero attached hydrogens (tertiary/aromatic N) is 1. The van der Waals surface area contributed by atoms with Crippen LogP contribution >= 0.6 is 11.8 Å². The van der Waals surface area contributed by atoms with Crippen LogP contribution in [0.4, 0.5) is 0 Å². The number of aromatic carboxylic acids is 1. The van der Waals surface area contributed by atoms with E-state index in [1.54, 1.807) is 13.0 Å². The third-order valence-corrected chi connectivity index (χ3v) is 3.42. The zero-order chi connectivity index (χ0) is 13.7. The highest BCUT2D eigenvalue weighted by molar-refractivity contribution is 7.99. The lowest BCUT2D eigenvalue weighted by Gasteiger charge is -2.12. The Morgan fingerprint density at radius 2 is 2.22 bits per heavy atom. The second kappa shape index (κ2) is 6.72. The molecule has 0 aliphatic carbocycles. The SMILES string of the molecule is COCC(O)CSc1nc(C)cc(C)c1C(=O)O. The predicted octanol–water partition coefficient (Wildman–Crippen LogP) is 1.50. The van der Waals surface area contributed by atoms with Crippen LogP contribution in [-0.4, -0.2) is 46.7 Å². The number of aliphatic hydroxyl groups excluding tert-OH is 1. The van der Waals surface area contributed by atoms with Crippen molar-refractivity contribution in [3.05, 3.63) is 22.9 Å². The highest BCUT2D eigenvalue weighted by atomic mass is 32.2. The molecule has 0 saturated carbocycles. The lowest BCUT2D eigenvalue weighted by molar-refractivity contribution is 0.0690. The molecule has 1 atom stereocenters. The van der Waals surface area contributed by atoms with Gasteiger partial charge in [0.05, 0.1) is 18.3 Å². The van der Waals surface area contributed by atoms with Crippen molar-refractivity contribution in [2.75, 3.05) is 19.5 Å². The highest BCUT2D eigenvalue weighted by Gasteiger charge is 2.17. The van der Waals surface area contributed by atoms with Crippen molar-refractivity contribution in [1.82, 2.24) is 4.98 Å². The minimum absolute atomic E-state index is 0.204. The van der Waals surface area contributed by atoms with Gasteiger partial charge in [0.25, 0.3) is 0 Å². The number of thioether (sulfide) groups is 1. The van der Waals surface area contributed by atoms with Crippen molar-refractivity contribution in [2.24, 2.45) is 0 Å². The summed E-state index contributed by atoms with van der Waals surface area (Å²) in [6, 6.07) is 1.74. The number of pyridine rings is 1. The molecule has 1 heterocycles. The molecule has 5 nitrogen and oxygen atoms in total. The normalized spacial score (nSPS) is 12.4. The first kappa shape index (κ1) is 14.9. The average Bonchev–Trinajstić information content (AvgIpc) is 2.25. The van der Waals surface area contributed by atoms with Crippen LogP contribution in [0.3, 0.4) is 0 Å². The first-order valence-corrected chi connectivity index (χ1v) is 6.45. The van der Waals surface area contributed by atoms with Crippen molar-refractivity contribution in [3.63, 3.8) is 0 Å². The van der Waals surface area contributed by atoms with Gasteiger partial charge in [-0.25, -0.2) is 9.78 Å². The first-order valence-electron chi connectivity index (χ1n) is 5.47. The number of carboxylic acid groups (broad SMARTS) is 1. The van der Waals surface area contributed by atoms with E-state index in [0.717, 1.165) is 5.69 Å². The van der Waals surface area contributed by atoms with Crippen molar-refractivity contribution in [2.45, 2.75) is 25.0 Å². The zero-order valence-corrected chi connectivity index (χ0v) is 11.5. The Bertz CT molecular complexity index is 436. The number of ether oxygens (including phenoxy) is 1. The number of carboxylic acids is 1. The van der Waals surface area contributed by atoms with E-state index in [2.05, 4.69) is 4.98 Å². The smallest absolute Gasteiger partial charge is 0.338 e. The second-order valence-corrected chi connectivity index (χ2v) is 4.99. The summed E-state index contributed by atoms with van der Waals surface area (Å²) in [4.78, 5) is 15.4. The maximum absolute atomic E-state index is 11.2. The average molecular weight is 271 g/mol. The van der Waals surface area contributed by atoms with Gasteiger partial charge in [-0.2, -0.15) is 0 Å². The lowest BCUT2D eigenvalue weighted by Crippen LogP contribution is -2.17. The fraction of sp³-hybridized carbons (Fsp3) is 0.500. The Hall–Kier alpha value is -1.11. The predicted molar refractivity (Wildman–Crippen MR) is 69.3 cm³/mol. The maximum Gasteiger partial charge on any atom is 0.338 e. The molecule has 0 spiro atoms. The van der Waals surface area contributed by atoms with Crippen LogP contribution in [0.1, 0.15) is 21.6 Å². The number of rotatable bonds is 6. The van der Waals surface area contributed by atoms with Gasteiger partial charge < -0.3 is 14.9 Å². The molecule has 0 aromatic carbocycles. The van der Waals surface area contributed by atoms with E-state index in [1.165, 1.54) is 18.9 Å². The number of carbonyl (C=O) groups is 1. The standard InChI is InChI=1S/C12H17NO4S/c1-7-4-8(2)13-11(10(7)12(15)16)18-6-9(14)5-17-3/h4,9,14H,5-6H2,1-3H3,(H,15,16). The Kier molecular flexibility index (Phi) is 5.58. The van der Waals surface area contributed by atoms with Gasteiger partial charge in [-0.1, -0.05) is 0 Å². The summed E-state index contributed by atoms with van der Waals surface area (Å²) in [5, 5.41) is 19.2. The van der Waals surface area contributed by atoms with E-state index in [9.17, 15) is 9.90 Å². The van der Waals surface area contributed by atoms with Crippen molar-refractivity contribution in [3.8, 4) is 0 Å². The molecular weight excluding hydrogens is 254 g/mol. The second-order valence-electron chi connectivity index (χ2n) is 3.99. The molecule has 0 aliphatic rings. The molecule has 0 bridgehead atoms. The van der Waals surface area contributed by atoms with Crippen molar-refractivity contribution in [1.29, 1.82) is 0 Å². The molecule has 1 aromatic rings. The summed E-state index contributed by atoms with van der Waals surface area (Å²) in [7, 11) is 1.51. The number of aromatic nitrogens is 1. The summed E-state index contributed by atoms with van der Waals surface area (Å²) in [5.74, 6) is -0.645. The largest absolute Gasteiger partial charge is 0.478 e. The first-order chi connectivity index (χ1) is 8.45. The molecule has 1 unspecified atom stereocenters. The number of hydrogen-bond donors (Lipinski definition) is 2. The van der Waals surface area contributed by atoms with Gasteiger partial charge >= 0.3 is 5.97 Å². The Balaban J connectivity index is 2.90. The van der Waals surface area contributed by atoms with E-state index in [-0.39, 0.29) is 12.2 Å². The topological polar surface area (TPSA) is 79.7 Å². The van der Waals surface area contributed by atoms with E-state index in [4.69, 9.17) is 9.84 Å². The highest BCUT2D eigenvalue weighted by Crippen LogP contribution is 2.24. The molecule has 0 radical (unpaired) electrons. The molecule has 0 amide bonds.